The number of hydrogen-bond donors (Lipinski definition) is 2. The third-order valence-electron chi connectivity index (χ3n) is 5.78. The van der Waals surface area contributed by atoms with Gasteiger partial charge in [0.1, 0.15) is 11.5 Å². The maximum Gasteiger partial charge on any atom is 0.322 e. The van der Waals surface area contributed by atoms with Crippen LogP contribution in [0.1, 0.15) is 26.3 Å². The van der Waals surface area contributed by atoms with E-state index in [1.807, 2.05) is 43.3 Å². The number of aromatic nitrogens is 1. The lowest BCUT2D eigenvalue weighted by Gasteiger charge is -2.27. The van der Waals surface area contributed by atoms with Gasteiger partial charge in [0.2, 0.25) is 0 Å². The second-order valence-electron chi connectivity index (χ2n) is 7.88. The predicted octanol–water partition coefficient (Wildman–Crippen LogP) is 4.31. The van der Waals surface area contributed by atoms with Crippen LogP contribution in [-0.2, 0) is 6.54 Å². The first-order chi connectivity index (χ1) is 16.5. The van der Waals surface area contributed by atoms with Gasteiger partial charge in [-0.2, -0.15) is 0 Å². The molecule has 3 aromatic rings. The Hall–Kier alpha value is -3.52. The maximum atomic E-state index is 13.3. The first-order valence-corrected chi connectivity index (χ1v) is 11.7. The number of nitrogens with zero attached hydrogens (tertiary/aromatic N) is 2. The van der Waals surface area contributed by atoms with Gasteiger partial charge in [-0.05, 0) is 56.4 Å². The van der Waals surface area contributed by atoms with Gasteiger partial charge in [-0.1, -0.05) is 26.0 Å². The summed E-state index contributed by atoms with van der Waals surface area (Å²) in [5.41, 5.74) is 1.60. The lowest BCUT2D eigenvalue weighted by atomic mass is 10.1. The Bertz CT molecular complexity index is 1160. The summed E-state index contributed by atoms with van der Waals surface area (Å²) < 4.78 is 11.0. The summed E-state index contributed by atoms with van der Waals surface area (Å²) in [4.78, 5) is 33.0. The van der Waals surface area contributed by atoms with Crippen LogP contribution in [0, 0.1) is 0 Å². The van der Waals surface area contributed by atoms with Gasteiger partial charge in [0.05, 0.1) is 25.9 Å². The fraction of sp³-hybridized carbons (Fsp3) is 0.385. The Kier molecular flexibility index (Phi) is 8.93. The van der Waals surface area contributed by atoms with E-state index in [0.717, 1.165) is 29.7 Å². The number of carbonyl (C=O) groups is 1. The highest BCUT2D eigenvalue weighted by molar-refractivity contribution is 5.91. The summed E-state index contributed by atoms with van der Waals surface area (Å²) in [6, 6.07) is 14.4. The highest BCUT2D eigenvalue weighted by Gasteiger charge is 2.19. The minimum atomic E-state index is -0.292. The van der Waals surface area contributed by atoms with Crippen LogP contribution in [0.2, 0.25) is 0 Å². The smallest absolute Gasteiger partial charge is 0.322 e. The normalized spacial score (nSPS) is 11.0. The van der Waals surface area contributed by atoms with Crippen LogP contribution < -0.4 is 20.3 Å². The molecule has 0 fully saturated rings. The Morgan fingerprint density at radius 1 is 1.03 bits per heavy atom. The number of fused-ring (bicyclic) bond motifs is 1. The Labute approximate surface area is 200 Å². The molecule has 2 amide bonds. The number of methoxy groups -OCH3 is 1. The third-order valence-corrected chi connectivity index (χ3v) is 5.78. The van der Waals surface area contributed by atoms with Crippen molar-refractivity contribution in [2.24, 2.45) is 0 Å². The van der Waals surface area contributed by atoms with Gasteiger partial charge in [0.15, 0.2) is 0 Å². The summed E-state index contributed by atoms with van der Waals surface area (Å²) in [5, 5.41) is 3.79. The number of amides is 2. The minimum Gasteiger partial charge on any atom is -0.495 e. The number of likely N-dealkylation sites (N-methyl/N-ethyl adjacent to an activating group) is 1. The van der Waals surface area contributed by atoms with Gasteiger partial charge >= 0.3 is 6.03 Å². The van der Waals surface area contributed by atoms with Crippen LogP contribution in [0.25, 0.3) is 10.9 Å². The largest absolute Gasteiger partial charge is 0.495 e. The Balaban J connectivity index is 1.89. The molecule has 0 unspecified atom stereocenters. The van der Waals surface area contributed by atoms with E-state index < -0.39 is 0 Å². The average Bonchev–Trinajstić information content (AvgIpc) is 2.84. The van der Waals surface area contributed by atoms with Crippen molar-refractivity contribution in [1.82, 2.24) is 14.8 Å². The Morgan fingerprint density at radius 2 is 1.79 bits per heavy atom. The second kappa shape index (κ2) is 12.1. The number of pyridine rings is 1. The summed E-state index contributed by atoms with van der Waals surface area (Å²) in [7, 11) is 1.56. The molecule has 8 nitrogen and oxygen atoms in total. The minimum absolute atomic E-state index is 0.173. The number of hydrogen-bond acceptors (Lipinski definition) is 5. The van der Waals surface area contributed by atoms with Crippen LogP contribution >= 0.6 is 0 Å². The molecule has 0 saturated heterocycles. The van der Waals surface area contributed by atoms with Crippen molar-refractivity contribution < 1.29 is 14.3 Å². The molecular formula is C26H34N4O4. The number of aromatic amines is 1. The molecule has 34 heavy (non-hydrogen) atoms. The molecule has 8 heteroatoms. The van der Waals surface area contributed by atoms with Crippen molar-refractivity contribution in [2.45, 2.75) is 27.3 Å². The zero-order valence-electron chi connectivity index (χ0n) is 20.4. The lowest BCUT2D eigenvalue weighted by Crippen LogP contribution is -2.41. The van der Waals surface area contributed by atoms with Crippen molar-refractivity contribution in [3.8, 4) is 11.5 Å². The van der Waals surface area contributed by atoms with Crippen molar-refractivity contribution in [3.05, 3.63) is 64.4 Å². The van der Waals surface area contributed by atoms with E-state index in [1.165, 1.54) is 0 Å². The summed E-state index contributed by atoms with van der Waals surface area (Å²) in [5.74, 6) is 1.31. The number of para-hydroxylation sites is 2. The molecule has 0 spiro atoms. The van der Waals surface area contributed by atoms with E-state index in [2.05, 4.69) is 29.0 Å². The number of urea groups is 1. The van der Waals surface area contributed by atoms with Crippen molar-refractivity contribution in [2.75, 3.05) is 45.2 Å². The van der Waals surface area contributed by atoms with Gasteiger partial charge in [0.25, 0.3) is 5.56 Å². The standard InChI is InChI=1S/C26H34N4O4/c1-5-29(6-2)14-15-30(26(32)28-23-10-8-9-11-24(23)33-4)18-20-16-19-17-21(34-7-3)12-13-22(19)27-25(20)31/h8-13,16-17H,5-7,14-15,18H2,1-4H3,(H,27,31)(H,28,32). The molecule has 0 saturated carbocycles. The van der Waals surface area contributed by atoms with Crippen LogP contribution in [0.5, 0.6) is 11.5 Å². The molecule has 3 rings (SSSR count). The molecule has 1 aromatic heterocycles. The van der Waals surface area contributed by atoms with Gasteiger partial charge in [0, 0.05) is 29.6 Å². The maximum absolute atomic E-state index is 13.3. The number of anilines is 1. The molecule has 0 aliphatic carbocycles. The van der Waals surface area contributed by atoms with E-state index in [0.29, 0.717) is 36.7 Å². The van der Waals surface area contributed by atoms with Crippen molar-refractivity contribution in [3.63, 3.8) is 0 Å². The fourth-order valence-corrected chi connectivity index (χ4v) is 3.81. The molecule has 0 bridgehead atoms. The molecule has 0 aliphatic heterocycles. The highest BCUT2D eigenvalue weighted by Crippen LogP contribution is 2.24. The summed E-state index contributed by atoms with van der Waals surface area (Å²) >= 11 is 0. The van der Waals surface area contributed by atoms with Crippen LogP contribution in [0.15, 0.2) is 53.3 Å². The number of ether oxygens (including phenoxy) is 2. The van der Waals surface area contributed by atoms with Crippen LogP contribution in [0.3, 0.4) is 0 Å². The first kappa shape index (κ1) is 25.1. The molecule has 2 N–H and O–H groups in total. The van der Waals surface area contributed by atoms with Gasteiger partial charge in [-0.3, -0.25) is 4.79 Å². The van der Waals surface area contributed by atoms with E-state index in [4.69, 9.17) is 9.47 Å². The molecule has 0 radical (unpaired) electrons. The van der Waals surface area contributed by atoms with E-state index >= 15 is 0 Å². The monoisotopic (exact) mass is 466 g/mol. The summed E-state index contributed by atoms with van der Waals surface area (Å²) in [6.07, 6.45) is 0. The predicted molar refractivity (Wildman–Crippen MR) is 136 cm³/mol. The average molecular weight is 467 g/mol. The van der Waals surface area contributed by atoms with Crippen molar-refractivity contribution in [1.29, 1.82) is 0 Å². The Morgan fingerprint density at radius 3 is 2.50 bits per heavy atom. The molecule has 2 aromatic carbocycles. The molecule has 0 atom stereocenters. The van der Waals surface area contributed by atoms with Crippen LogP contribution in [0.4, 0.5) is 10.5 Å². The number of carbonyl (C=O) groups excluding carboxylic acids is 1. The molecular weight excluding hydrogens is 432 g/mol. The van der Waals surface area contributed by atoms with Crippen molar-refractivity contribution >= 4 is 22.6 Å². The second-order valence-corrected chi connectivity index (χ2v) is 7.88. The third kappa shape index (κ3) is 6.29. The molecule has 1 heterocycles. The van der Waals surface area contributed by atoms with Crippen LogP contribution in [-0.4, -0.2) is 60.7 Å². The quantitative estimate of drug-likeness (QED) is 0.440. The number of benzene rings is 2. The zero-order chi connectivity index (χ0) is 24.5. The number of nitrogens with one attached hydrogen (secondary N) is 2. The van der Waals surface area contributed by atoms with Gasteiger partial charge in [-0.15, -0.1) is 0 Å². The zero-order valence-corrected chi connectivity index (χ0v) is 20.4. The topological polar surface area (TPSA) is 86.9 Å². The fourth-order valence-electron chi connectivity index (χ4n) is 3.81. The molecule has 182 valence electrons. The van der Waals surface area contributed by atoms with E-state index in [1.54, 1.807) is 24.1 Å². The van der Waals surface area contributed by atoms with Gasteiger partial charge < -0.3 is 29.6 Å². The summed E-state index contributed by atoms with van der Waals surface area (Å²) in [6.45, 7) is 9.78. The van der Waals surface area contributed by atoms with Gasteiger partial charge in [-0.25, -0.2) is 4.79 Å². The van der Waals surface area contributed by atoms with E-state index in [9.17, 15) is 9.59 Å². The first-order valence-electron chi connectivity index (χ1n) is 11.7. The highest BCUT2D eigenvalue weighted by atomic mass is 16.5. The number of H-pyrrole nitrogens is 1. The lowest BCUT2D eigenvalue weighted by molar-refractivity contribution is 0.194. The number of rotatable bonds is 11. The SMILES string of the molecule is CCOc1ccc2[nH]c(=O)c(CN(CCN(CC)CC)C(=O)Nc3ccccc3OC)cc2c1. The van der Waals surface area contributed by atoms with E-state index in [-0.39, 0.29) is 18.1 Å². The molecule has 0 aliphatic rings.